The number of benzene rings is 1. The Bertz CT molecular complexity index is 1410. The highest BCUT2D eigenvalue weighted by molar-refractivity contribution is 7.92. The Morgan fingerprint density at radius 3 is 2.67 bits per heavy atom. The number of nitrogens with one attached hydrogen (secondary N) is 2. The fourth-order valence-electron chi connectivity index (χ4n) is 3.82. The van der Waals surface area contributed by atoms with E-state index in [-0.39, 0.29) is 23.4 Å². The van der Waals surface area contributed by atoms with Gasteiger partial charge in [0.05, 0.1) is 42.5 Å². The molecule has 2 N–H and O–H groups in total. The quantitative estimate of drug-likeness (QED) is 0.415. The first kappa shape index (κ1) is 25.6. The molecule has 0 spiro atoms. The molecule has 1 aliphatic heterocycles. The average molecular weight is 517 g/mol. The van der Waals surface area contributed by atoms with Gasteiger partial charge in [-0.15, -0.1) is 0 Å². The third kappa shape index (κ3) is 5.49. The van der Waals surface area contributed by atoms with Gasteiger partial charge in [0.2, 0.25) is 10.0 Å². The first-order chi connectivity index (χ1) is 17.4. The highest BCUT2D eigenvalue weighted by Crippen LogP contribution is 2.31. The van der Waals surface area contributed by atoms with Crippen LogP contribution < -0.4 is 9.62 Å². The molecule has 0 saturated carbocycles. The van der Waals surface area contributed by atoms with Crippen molar-refractivity contribution in [2.75, 3.05) is 48.4 Å². The Labute approximate surface area is 207 Å². The van der Waals surface area contributed by atoms with Crippen molar-refractivity contribution < 1.29 is 21.9 Å². The molecule has 1 fully saturated rings. The molecule has 0 bridgehead atoms. The van der Waals surface area contributed by atoms with Crippen molar-refractivity contribution in [3.8, 4) is 11.3 Å². The number of sulfonamides is 1. The molecule has 2 aromatic heterocycles. The van der Waals surface area contributed by atoms with Crippen LogP contribution in [0.2, 0.25) is 0 Å². The average Bonchev–Trinajstić information content (AvgIpc) is 2.89. The Morgan fingerprint density at radius 1 is 1.19 bits per heavy atom. The standard InChI is InChI=1S/C24H26F2N6O3S/c1-2-16(15-27)23-29-20-8-7-18(28-22(20)24(30-23)32-10-12-35-13-11-32)17-5-3-6-19(21(17)26)31-36(33,34)14-4-9-25/h2-3,5-8,15,27,31H,4,9-14H2,1H3/b16-2+,27-15?. The van der Waals surface area contributed by atoms with Crippen molar-refractivity contribution in [1.82, 2.24) is 15.0 Å². The number of anilines is 2. The van der Waals surface area contributed by atoms with Crippen molar-refractivity contribution in [2.24, 2.45) is 0 Å². The van der Waals surface area contributed by atoms with Gasteiger partial charge in [0.1, 0.15) is 5.52 Å². The van der Waals surface area contributed by atoms with Gasteiger partial charge in [-0.25, -0.2) is 27.8 Å². The van der Waals surface area contributed by atoms with Gasteiger partial charge in [0.15, 0.2) is 17.5 Å². The third-order valence-electron chi connectivity index (χ3n) is 5.65. The predicted octanol–water partition coefficient (Wildman–Crippen LogP) is 3.82. The number of allylic oxidation sites excluding steroid dienone is 2. The molecule has 0 radical (unpaired) electrons. The van der Waals surface area contributed by atoms with E-state index in [4.69, 9.17) is 10.1 Å². The van der Waals surface area contributed by atoms with Crippen LogP contribution in [0.5, 0.6) is 0 Å². The normalized spacial score (nSPS) is 14.8. The molecular weight excluding hydrogens is 490 g/mol. The van der Waals surface area contributed by atoms with Crippen LogP contribution >= 0.6 is 0 Å². The van der Waals surface area contributed by atoms with Gasteiger partial charge in [-0.05, 0) is 37.6 Å². The van der Waals surface area contributed by atoms with Crippen molar-refractivity contribution in [3.05, 3.63) is 48.0 Å². The number of nitrogens with zero attached hydrogens (tertiary/aromatic N) is 4. The number of fused-ring (bicyclic) bond motifs is 1. The summed E-state index contributed by atoms with van der Waals surface area (Å²) >= 11 is 0. The summed E-state index contributed by atoms with van der Waals surface area (Å²) in [6, 6.07) is 7.61. The maximum absolute atomic E-state index is 15.4. The highest BCUT2D eigenvalue weighted by Gasteiger charge is 2.21. The fourth-order valence-corrected chi connectivity index (χ4v) is 4.91. The number of aromatic nitrogens is 3. The number of rotatable bonds is 9. The van der Waals surface area contributed by atoms with Crippen LogP contribution in [0, 0.1) is 11.2 Å². The van der Waals surface area contributed by atoms with Crippen LogP contribution in [-0.4, -0.2) is 68.3 Å². The maximum atomic E-state index is 15.4. The topological polar surface area (TPSA) is 121 Å². The Hall–Kier alpha value is -3.51. The number of hydrogen-bond donors (Lipinski definition) is 2. The van der Waals surface area contributed by atoms with E-state index in [1.165, 1.54) is 24.4 Å². The summed E-state index contributed by atoms with van der Waals surface area (Å²) in [5.74, 6) is -0.316. The lowest BCUT2D eigenvalue weighted by molar-refractivity contribution is 0.122. The van der Waals surface area contributed by atoms with Gasteiger partial charge in [-0.3, -0.25) is 9.11 Å². The molecule has 1 aliphatic rings. The van der Waals surface area contributed by atoms with E-state index < -0.39 is 28.3 Å². The van der Waals surface area contributed by atoms with Crippen LogP contribution in [0.25, 0.3) is 27.9 Å². The second kappa shape index (κ2) is 11.0. The summed E-state index contributed by atoms with van der Waals surface area (Å²) < 4.78 is 59.8. The summed E-state index contributed by atoms with van der Waals surface area (Å²) in [5, 5.41) is 7.68. The van der Waals surface area contributed by atoms with Gasteiger partial charge in [-0.1, -0.05) is 12.1 Å². The molecule has 0 unspecified atom stereocenters. The lowest BCUT2D eigenvalue weighted by atomic mass is 10.1. The number of alkyl halides is 1. The van der Waals surface area contributed by atoms with E-state index in [0.29, 0.717) is 54.6 Å². The van der Waals surface area contributed by atoms with Gasteiger partial charge >= 0.3 is 0 Å². The van der Waals surface area contributed by atoms with E-state index in [1.54, 1.807) is 25.1 Å². The van der Waals surface area contributed by atoms with E-state index in [9.17, 15) is 12.8 Å². The molecule has 12 heteroatoms. The van der Waals surface area contributed by atoms with Gasteiger partial charge in [-0.2, -0.15) is 0 Å². The lowest BCUT2D eigenvalue weighted by Gasteiger charge is -2.28. The SMILES string of the molecule is C/C=C(\C=N)c1nc(N2CCOCC2)c2nc(-c3cccc(NS(=O)(=O)CCCF)c3F)ccc2n1. The van der Waals surface area contributed by atoms with Crippen molar-refractivity contribution >= 4 is 44.3 Å². The van der Waals surface area contributed by atoms with E-state index >= 15 is 4.39 Å². The summed E-state index contributed by atoms with van der Waals surface area (Å²) in [6.45, 7) is 3.21. The van der Waals surface area contributed by atoms with E-state index in [2.05, 4.69) is 19.7 Å². The Kier molecular flexibility index (Phi) is 7.85. The molecule has 0 amide bonds. The molecule has 0 atom stereocenters. The number of ether oxygens (including phenoxy) is 1. The lowest BCUT2D eigenvalue weighted by Crippen LogP contribution is -2.37. The molecule has 9 nitrogen and oxygen atoms in total. The Balaban J connectivity index is 1.81. The predicted molar refractivity (Wildman–Crippen MR) is 136 cm³/mol. The van der Waals surface area contributed by atoms with Gasteiger partial charge < -0.3 is 15.0 Å². The largest absolute Gasteiger partial charge is 0.378 e. The van der Waals surface area contributed by atoms with Crippen LogP contribution in [0.4, 0.5) is 20.3 Å². The molecule has 0 aliphatic carbocycles. The van der Waals surface area contributed by atoms with Crippen LogP contribution in [0.1, 0.15) is 19.2 Å². The highest BCUT2D eigenvalue weighted by atomic mass is 32.2. The molecule has 36 heavy (non-hydrogen) atoms. The molecule has 4 rings (SSSR count). The molecule has 190 valence electrons. The first-order valence-corrected chi connectivity index (χ1v) is 13.1. The number of pyridine rings is 1. The number of hydrogen-bond acceptors (Lipinski definition) is 8. The molecule has 3 heterocycles. The zero-order chi connectivity index (χ0) is 25.7. The van der Waals surface area contributed by atoms with Gasteiger partial charge in [0.25, 0.3) is 0 Å². The van der Waals surface area contributed by atoms with E-state index in [1.807, 2.05) is 4.90 Å². The van der Waals surface area contributed by atoms with Gasteiger partial charge in [0, 0.05) is 30.4 Å². The van der Waals surface area contributed by atoms with Crippen molar-refractivity contribution in [2.45, 2.75) is 13.3 Å². The number of halogens is 2. The summed E-state index contributed by atoms with van der Waals surface area (Å²) in [5.41, 5.74) is 1.65. The minimum absolute atomic E-state index is 0.0910. The first-order valence-electron chi connectivity index (χ1n) is 11.4. The molecule has 1 saturated heterocycles. The van der Waals surface area contributed by atoms with Crippen molar-refractivity contribution in [3.63, 3.8) is 0 Å². The second-order valence-corrected chi connectivity index (χ2v) is 9.90. The van der Waals surface area contributed by atoms with Crippen molar-refractivity contribution in [1.29, 1.82) is 5.41 Å². The summed E-state index contributed by atoms with van der Waals surface area (Å²) in [6.07, 6.45) is 2.75. The second-order valence-electron chi connectivity index (χ2n) is 8.05. The maximum Gasteiger partial charge on any atom is 0.232 e. The molecular formula is C24H26F2N6O3S. The zero-order valence-electron chi connectivity index (χ0n) is 19.7. The van der Waals surface area contributed by atoms with Crippen LogP contribution in [0.3, 0.4) is 0 Å². The van der Waals surface area contributed by atoms with E-state index in [0.717, 1.165) is 0 Å². The Morgan fingerprint density at radius 2 is 1.97 bits per heavy atom. The fraction of sp³-hybridized carbons (Fsp3) is 0.333. The summed E-state index contributed by atoms with van der Waals surface area (Å²) in [4.78, 5) is 15.9. The smallest absolute Gasteiger partial charge is 0.232 e. The minimum Gasteiger partial charge on any atom is -0.378 e. The zero-order valence-corrected chi connectivity index (χ0v) is 20.5. The van der Waals surface area contributed by atoms with Crippen LogP contribution in [-0.2, 0) is 14.8 Å². The monoisotopic (exact) mass is 516 g/mol. The minimum atomic E-state index is -3.90. The van der Waals surface area contributed by atoms with Crippen LogP contribution in [0.15, 0.2) is 36.4 Å². The molecule has 1 aromatic carbocycles. The molecule has 3 aromatic rings. The summed E-state index contributed by atoms with van der Waals surface area (Å²) in [7, 11) is -3.90. The number of morpholine rings is 1. The third-order valence-corrected chi connectivity index (χ3v) is 7.00.